The molecule has 0 aliphatic carbocycles. The van der Waals surface area contributed by atoms with E-state index in [2.05, 4.69) is 10.1 Å². The summed E-state index contributed by atoms with van der Waals surface area (Å²) in [5, 5.41) is 8.01. The molecule has 0 spiro atoms. The normalized spacial score (nSPS) is 12.1. The Bertz CT molecular complexity index is 1100. The average molecular weight is 407 g/mol. The molecular formula is C22H21N3O3S. The van der Waals surface area contributed by atoms with Crippen molar-refractivity contribution < 1.29 is 14.1 Å². The minimum absolute atomic E-state index is 0.128. The van der Waals surface area contributed by atoms with E-state index in [-0.39, 0.29) is 12.5 Å². The number of hydrogen-bond acceptors (Lipinski definition) is 6. The Morgan fingerprint density at radius 3 is 2.79 bits per heavy atom. The van der Waals surface area contributed by atoms with E-state index in [0.29, 0.717) is 23.9 Å². The van der Waals surface area contributed by atoms with Crippen molar-refractivity contribution in [2.75, 3.05) is 7.05 Å². The number of hydrogen-bond donors (Lipinski definition) is 0. The molecule has 0 saturated carbocycles. The minimum Gasteiger partial charge on any atom is -0.480 e. The molecule has 1 amide bonds. The quantitative estimate of drug-likeness (QED) is 0.441. The SMILES string of the molecule is CC[C@@H](Oc1cccc2ccccc12)C(=O)N(C)Cc1nc(-c2cccs2)no1. The highest BCUT2D eigenvalue weighted by Crippen LogP contribution is 2.27. The largest absolute Gasteiger partial charge is 0.480 e. The second-order valence-corrected chi connectivity index (χ2v) is 7.62. The maximum Gasteiger partial charge on any atom is 0.263 e. The minimum atomic E-state index is -0.592. The number of thiophene rings is 1. The number of nitrogens with zero attached hydrogens (tertiary/aromatic N) is 3. The molecule has 2 aromatic heterocycles. The van der Waals surface area contributed by atoms with Gasteiger partial charge in [-0.1, -0.05) is 54.5 Å². The van der Waals surface area contributed by atoms with E-state index in [0.717, 1.165) is 15.6 Å². The molecule has 0 fully saturated rings. The van der Waals surface area contributed by atoms with Gasteiger partial charge in [-0.25, -0.2) is 0 Å². The van der Waals surface area contributed by atoms with Crippen LogP contribution in [0.2, 0.25) is 0 Å². The fourth-order valence-electron chi connectivity index (χ4n) is 3.11. The highest BCUT2D eigenvalue weighted by atomic mass is 32.1. The fraction of sp³-hybridized carbons (Fsp3) is 0.227. The molecule has 0 saturated heterocycles. The molecule has 0 aliphatic rings. The number of ether oxygens (including phenoxy) is 1. The van der Waals surface area contributed by atoms with Crippen molar-refractivity contribution in [3.05, 3.63) is 65.9 Å². The highest BCUT2D eigenvalue weighted by molar-refractivity contribution is 7.13. The maximum absolute atomic E-state index is 13.0. The molecule has 0 unspecified atom stereocenters. The molecular weight excluding hydrogens is 386 g/mol. The molecule has 6 nitrogen and oxygen atoms in total. The van der Waals surface area contributed by atoms with Crippen molar-refractivity contribution in [3.8, 4) is 16.5 Å². The van der Waals surface area contributed by atoms with Crippen molar-refractivity contribution in [2.45, 2.75) is 26.0 Å². The number of rotatable bonds is 7. The Morgan fingerprint density at radius 2 is 2.00 bits per heavy atom. The Morgan fingerprint density at radius 1 is 1.17 bits per heavy atom. The molecule has 0 radical (unpaired) electrons. The van der Waals surface area contributed by atoms with Gasteiger partial charge in [0.25, 0.3) is 5.91 Å². The first kappa shape index (κ1) is 19.1. The summed E-state index contributed by atoms with van der Waals surface area (Å²) in [6.07, 6.45) is -0.0399. The number of aromatic nitrogens is 2. The molecule has 2 aromatic carbocycles. The number of likely N-dealkylation sites (N-methyl/N-ethyl adjacent to an activating group) is 1. The van der Waals surface area contributed by atoms with Crippen LogP contribution in [0.25, 0.3) is 21.5 Å². The monoisotopic (exact) mass is 407 g/mol. The standard InChI is InChI=1S/C22H21N3O3S/c1-3-17(27-18-11-6-9-15-8-4-5-10-16(15)18)22(26)25(2)14-20-23-21(24-28-20)19-12-7-13-29-19/h4-13,17H,3,14H2,1-2H3/t17-/m1/s1. The van der Waals surface area contributed by atoms with Crippen LogP contribution < -0.4 is 4.74 Å². The third kappa shape index (κ3) is 4.14. The first-order chi connectivity index (χ1) is 14.2. The zero-order valence-corrected chi connectivity index (χ0v) is 17.1. The Balaban J connectivity index is 1.46. The number of benzene rings is 2. The van der Waals surface area contributed by atoms with Gasteiger partial charge in [0.1, 0.15) is 5.75 Å². The first-order valence-corrected chi connectivity index (χ1v) is 10.3. The second-order valence-electron chi connectivity index (χ2n) is 6.68. The molecule has 7 heteroatoms. The molecule has 2 heterocycles. The van der Waals surface area contributed by atoms with Crippen molar-refractivity contribution in [1.82, 2.24) is 15.0 Å². The van der Waals surface area contributed by atoms with Crippen molar-refractivity contribution >= 4 is 28.0 Å². The van der Waals surface area contributed by atoms with Crippen molar-refractivity contribution in [2.24, 2.45) is 0 Å². The van der Waals surface area contributed by atoms with Gasteiger partial charge in [0.2, 0.25) is 11.7 Å². The van der Waals surface area contributed by atoms with Gasteiger partial charge in [-0.15, -0.1) is 11.3 Å². The topological polar surface area (TPSA) is 68.5 Å². The number of carbonyl (C=O) groups is 1. The summed E-state index contributed by atoms with van der Waals surface area (Å²) in [6.45, 7) is 2.16. The van der Waals surface area contributed by atoms with Gasteiger partial charge < -0.3 is 14.2 Å². The molecule has 4 aromatic rings. The van der Waals surface area contributed by atoms with Gasteiger partial charge in [0, 0.05) is 12.4 Å². The summed E-state index contributed by atoms with van der Waals surface area (Å²) in [6, 6.07) is 17.7. The highest BCUT2D eigenvalue weighted by Gasteiger charge is 2.24. The molecule has 148 valence electrons. The van der Waals surface area contributed by atoms with Gasteiger partial charge in [0.15, 0.2) is 6.10 Å². The van der Waals surface area contributed by atoms with Crippen LogP contribution in [0, 0.1) is 0 Å². The van der Waals surface area contributed by atoms with Gasteiger partial charge in [-0.05, 0) is 29.3 Å². The van der Waals surface area contributed by atoms with Crippen LogP contribution in [0.3, 0.4) is 0 Å². The Hall–Kier alpha value is -3.19. The lowest BCUT2D eigenvalue weighted by molar-refractivity contribution is -0.138. The number of fused-ring (bicyclic) bond motifs is 1. The van der Waals surface area contributed by atoms with E-state index in [4.69, 9.17) is 9.26 Å². The predicted molar refractivity (Wildman–Crippen MR) is 113 cm³/mol. The molecule has 0 N–H and O–H groups in total. The van der Waals surface area contributed by atoms with Crippen LogP contribution in [0.4, 0.5) is 0 Å². The van der Waals surface area contributed by atoms with Crippen LogP contribution in [0.15, 0.2) is 64.5 Å². The number of amides is 1. The van der Waals surface area contributed by atoms with Crippen LogP contribution in [-0.4, -0.2) is 34.1 Å². The summed E-state index contributed by atoms with van der Waals surface area (Å²) < 4.78 is 11.4. The van der Waals surface area contributed by atoms with E-state index < -0.39 is 6.10 Å². The first-order valence-electron chi connectivity index (χ1n) is 9.41. The van der Waals surface area contributed by atoms with Crippen LogP contribution in [0.5, 0.6) is 5.75 Å². The van der Waals surface area contributed by atoms with E-state index in [1.807, 2.05) is 66.9 Å². The van der Waals surface area contributed by atoms with Gasteiger partial charge in [-0.2, -0.15) is 4.98 Å². The van der Waals surface area contributed by atoms with E-state index in [1.165, 1.54) is 11.3 Å². The molecule has 0 bridgehead atoms. The Labute approximate surface area is 172 Å². The molecule has 0 aliphatic heterocycles. The van der Waals surface area contributed by atoms with Crippen molar-refractivity contribution in [3.63, 3.8) is 0 Å². The third-order valence-corrected chi connectivity index (χ3v) is 5.49. The fourth-order valence-corrected chi connectivity index (χ4v) is 3.76. The lowest BCUT2D eigenvalue weighted by Crippen LogP contribution is -2.39. The molecule has 29 heavy (non-hydrogen) atoms. The summed E-state index contributed by atoms with van der Waals surface area (Å²) in [5.74, 6) is 1.50. The lowest BCUT2D eigenvalue weighted by atomic mass is 10.1. The Kier molecular flexibility index (Phi) is 5.57. The second kappa shape index (κ2) is 8.45. The lowest BCUT2D eigenvalue weighted by Gasteiger charge is -2.23. The van der Waals surface area contributed by atoms with Gasteiger partial charge >= 0.3 is 0 Å². The van der Waals surface area contributed by atoms with Crippen LogP contribution in [0.1, 0.15) is 19.2 Å². The van der Waals surface area contributed by atoms with Gasteiger partial charge in [0.05, 0.1) is 11.4 Å². The average Bonchev–Trinajstić information content (AvgIpc) is 3.43. The number of carbonyl (C=O) groups excluding carboxylic acids is 1. The predicted octanol–water partition coefficient (Wildman–Crippen LogP) is 4.77. The third-order valence-electron chi connectivity index (χ3n) is 4.62. The zero-order chi connectivity index (χ0) is 20.2. The molecule has 4 rings (SSSR count). The van der Waals surface area contributed by atoms with E-state index >= 15 is 0 Å². The zero-order valence-electron chi connectivity index (χ0n) is 16.2. The van der Waals surface area contributed by atoms with E-state index in [9.17, 15) is 4.79 Å². The van der Waals surface area contributed by atoms with Crippen LogP contribution >= 0.6 is 11.3 Å². The van der Waals surface area contributed by atoms with E-state index in [1.54, 1.807) is 11.9 Å². The summed E-state index contributed by atoms with van der Waals surface area (Å²) in [4.78, 5) is 19.8. The van der Waals surface area contributed by atoms with Crippen molar-refractivity contribution in [1.29, 1.82) is 0 Å². The maximum atomic E-state index is 13.0. The molecule has 1 atom stereocenters. The summed E-state index contributed by atoms with van der Waals surface area (Å²) in [5.41, 5.74) is 0. The smallest absolute Gasteiger partial charge is 0.263 e. The van der Waals surface area contributed by atoms with Gasteiger partial charge in [-0.3, -0.25) is 4.79 Å². The summed E-state index contributed by atoms with van der Waals surface area (Å²) in [7, 11) is 1.71. The summed E-state index contributed by atoms with van der Waals surface area (Å²) >= 11 is 1.54. The van der Waals surface area contributed by atoms with Crippen LogP contribution in [-0.2, 0) is 11.3 Å².